The van der Waals surface area contributed by atoms with Gasteiger partial charge in [0.25, 0.3) is 0 Å². The highest BCUT2D eigenvalue weighted by Gasteiger charge is 2.09. The van der Waals surface area contributed by atoms with Gasteiger partial charge in [-0.15, -0.1) is 0 Å². The molecule has 144 valence electrons. The third-order valence-corrected chi connectivity index (χ3v) is 4.61. The summed E-state index contributed by atoms with van der Waals surface area (Å²) < 4.78 is 18.6. The molecule has 4 nitrogen and oxygen atoms in total. The molecule has 2 aromatic carbocycles. The van der Waals surface area contributed by atoms with E-state index in [0.29, 0.717) is 12.1 Å². The highest BCUT2D eigenvalue weighted by Crippen LogP contribution is 2.18. The largest absolute Gasteiger partial charge is 0.494 e. The molecule has 0 aliphatic carbocycles. The lowest BCUT2D eigenvalue weighted by molar-refractivity contribution is -0.910. The van der Waals surface area contributed by atoms with Crippen LogP contribution in [0, 0.1) is 5.82 Å². The number of halogens is 1. The van der Waals surface area contributed by atoms with Gasteiger partial charge in [-0.25, -0.2) is 4.39 Å². The Bertz CT molecular complexity index is 786. The molecule has 0 atom stereocenters. The number of carbonyl (C=O) groups is 1. The summed E-state index contributed by atoms with van der Waals surface area (Å²) in [6, 6.07) is 12.8. The molecule has 0 aromatic heterocycles. The van der Waals surface area contributed by atoms with Crippen molar-refractivity contribution in [2.45, 2.75) is 26.9 Å². The van der Waals surface area contributed by atoms with Crippen LogP contribution in [0.3, 0.4) is 0 Å². The second-order valence-electron chi connectivity index (χ2n) is 6.35. The molecule has 0 aliphatic heterocycles. The van der Waals surface area contributed by atoms with Crippen LogP contribution in [0.2, 0.25) is 0 Å². The number of nitrogens with one attached hydrogen (secondary N) is 2. The van der Waals surface area contributed by atoms with Gasteiger partial charge in [0.05, 0.1) is 20.2 Å². The molecule has 2 aromatic rings. The van der Waals surface area contributed by atoms with E-state index >= 15 is 0 Å². The van der Waals surface area contributed by atoms with Crippen LogP contribution in [-0.2, 0) is 17.9 Å². The van der Waals surface area contributed by atoms with Gasteiger partial charge < -0.3 is 15.0 Å². The fourth-order valence-corrected chi connectivity index (χ4v) is 2.87. The van der Waals surface area contributed by atoms with Crippen LogP contribution in [0.15, 0.2) is 48.5 Å². The number of benzene rings is 2. The number of carbonyl (C=O) groups excluding carboxylic acids is 1. The van der Waals surface area contributed by atoms with E-state index in [1.165, 1.54) is 29.7 Å². The van der Waals surface area contributed by atoms with E-state index in [9.17, 15) is 9.18 Å². The van der Waals surface area contributed by atoms with Crippen molar-refractivity contribution in [3.8, 4) is 5.75 Å². The molecule has 0 spiro atoms. The minimum absolute atomic E-state index is 0.184. The number of quaternary nitrogens is 1. The normalized spacial score (nSPS) is 11.1. The first-order chi connectivity index (χ1) is 13.1. The Hall–Kier alpha value is -2.66. The maximum atomic E-state index is 13.7. The zero-order valence-electron chi connectivity index (χ0n) is 16.2. The second-order valence-corrected chi connectivity index (χ2v) is 6.35. The lowest BCUT2D eigenvalue weighted by atomic mass is 10.1. The Morgan fingerprint density at radius 3 is 2.48 bits per heavy atom. The van der Waals surface area contributed by atoms with Gasteiger partial charge in [0, 0.05) is 18.2 Å². The van der Waals surface area contributed by atoms with Gasteiger partial charge in [0.2, 0.25) is 5.91 Å². The van der Waals surface area contributed by atoms with Crippen LogP contribution >= 0.6 is 0 Å². The molecule has 0 bridgehead atoms. The van der Waals surface area contributed by atoms with Gasteiger partial charge in [0.15, 0.2) is 11.6 Å². The van der Waals surface area contributed by atoms with Crippen molar-refractivity contribution in [3.05, 3.63) is 71.0 Å². The number of ether oxygens (including phenoxy) is 1. The van der Waals surface area contributed by atoms with Crippen LogP contribution < -0.4 is 15.0 Å². The minimum atomic E-state index is -0.451. The molecule has 0 heterocycles. The fraction of sp³-hybridized carbons (Fsp3) is 0.318. The van der Waals surface area contributed by atoms with E-state index in [1.54, 1.807) is 18.2 Å². The van der Waals surface area contributed by atoms with E-state index in [-0.39, 0.29) is 11.7 Å². The Morgan fingerprint density at radius 1 is 1.15 bits per heavy atom. The minimum Gasteiger partial charge on any atom is -0.494 e. The van der Waals surface area contributed by atoms with E-state index in [2.05, 4.69) is 25.2 Å². The average molecular weight is 371 g/mol. The summed E-state index contributed by atoms with van der Waals surface area (Å²) in [5, 5.41) is 2.90. The third-order valence-electron chi connectivity index (χ3n) is 4.61. The number of hydrogen-bond acceptors (Lipinski definition) is 2. The molecule has 2 rings (SSSR count). The maximum Gasteiger partial charge on any atom is 0.244 e. The first kappa shape index (κ1) is 20.6. The van der Waals surface area contributed by atoms with E-state index in [0.717, 1.165) is 25.2 Å². The van der Waals surface area contributed by atoms with Crippen molar-refractivity contribution in [2.24, 2.45) is 0 Å². The molecule has 0 saturated heterocycles. The average Bonchev–Trinajstić information content (AvgIpc) is 2.69. The van der Waals surface area contributed by atoms with Crippen LogP contribution in [0.5, 0.6) is 5.75 Å². The SMILES string of the molecule is CC[NH+](CC)Cc1ccccc1CNC(=O)/C=C/c1ccc(OC)c(F)c1. The van der Waals surface area contributed by atoms with Gasteiger partial charge in [-0.05, 0) is 43.2 Å². The van der Waals surface area contributed by atoms with Crippen molar-refractivity contribution in [2.75, 3.05) is 20.2 Å². The van der Waals surface area contributed by atoms with Gasteiger partial charge in [-0.1, -0.05) is 30.3 Å². The molecular weight excluding hydrogens is 343 g/mol. The van der Waals surface area contributed by atoms with Crippen LogP contribution in [-0.4, -0.2) is 26.1 Å². The molecule has 0 saturated carbocycles. The summed E-state index contributed by atoms with van der Waals surface area (Å²) in [6.07, 6.45) is 3.00. The molecule has 0 radical (unpaired) electrons. The first-order valence-corrected chi connectivity index (χ1v) is 9.27. The van der Waals surface area contributed by atoms with Gasteiger partial charge in [0.1, 0.15) is 6.54 Å². The standard InChI is InChI=1S/C22H27FN2O2/c1-4-25(5-2)16-19-9-7-6-8-18(19)15-24-22(26)13-11-17-10-12-21(27-3)20(23)14-17/h6-14H,4-5,15-16H2,1-3H3,(H,24,26)/p+1/b13-11+. The summed E-state index contributed by atoms with van der Waals surface area (Å²) in [4.78, 5) is 13.6. The van der Waals surface area contributed by atoms with E-state index < -0.39 is 5.82 Å². The number of amides is 1. The van der Waals surface area contributed by atoms with E-state index in [4.69, 9.17) is 4.74 Å². The zero-order valence-corrected chi connectivity index (χ0v) is 16.2. The second kappa shape index (κ2) is 10.5. The molecule has 1 amide bonds. The van der Waals surface area contributed by atoms with Crippen molar-refractivity contribution >= 4 is 12.0 Å². The number of methoxy groups -OCH3 is 1. The van der Waals surface area contributed by atoms with Gasteiger partial charge in [-0.3, -0.25) is 4.79 Å². The predicted octanol–water partition coefficient (Wildman–Crippen LogP) is 2.59. The van der Waals surface area contributed by atoms with Gasteiger partial charge >= 0.3 is 0 Å². The van der Waals surface area contributed by atoms with E-state index in [1.807, 2.05) is 18.2 Å². The molecule has 0 fully saturated rings. The molecule has 5 heteroatoms. The molecular formula is C22H28FN2O2+. The number of rotatable bonds is 9. The lowest BCUT2D eigenvalue weighted by Crippen LogP contribution is -3.10. The Labute approximate surface area is 160 Å². The number of hydrogen-bond donors (Lipinski definition) is 2. The van der Waals surface area contributed by atoms with Crippen LogP contribution in [0.1, 0.15) is 30.5 Å². The quantitative estimate of drug-likeness (QED) is 0.666. The first-order valence-electron chi connectivity index (χ1n) is 9.27. The van der Waals surface area contributed by atoms with Crippen molar-refractivity contribution < 1.29 is 18.8 Å². The monoisotopic (exact) mass is 371 g/mol. The molecule has 0 aliphatic rings. The maximum absolute atomic E-state index is 13.7. The summed E-state index contributed by atoms with van der Waals surface area (Å²) in [5.74, 6) is -0.479. The van der Waals surface area contributed by atoms with Crippen molar-refractivity contribution in [3.63, 3.8) is 0 Å². The zero-order chi connectivity index (χ0) is 19.6. The van der Waals surface area contributed by atoms with Crippen LogP contribution in [0.25, 0.3) is 6.08 Å². The van der Waals surface area contributed by atoms with Crippen molar-refractivity contribution in [1.82, 2.24) is 5.32 Å². The topological polar surface area (TPSA) is 42.8 Å². The lowest BCUT2D eigenvalue weighted by Gasteiger charge is -2.17. The Balaban J connectivity index is 1.96. The highest BCUT2D eigenvalue weighted by molar-refractivity contribution is 5.91. The Kier molecular flexibility index (Phi) is 8.01. The summed E-state index contributed by atoms with van der Waals surface area (Å²) in [5.41, 5.74) is 2.97. The summed E-state index contributed by atoms with van der Waals surface area (Å²) >= 11 is 0. The Morgan fingerprint density at radius 2 is 1.85 bits per heavy atom. The highest BCUT2D eigenvalue weighted by atomic mass is 19.1. The smallest absolute Gasteiger partial charge is 0.244 e. The fourth-order valence-electron chi connectivity index (χ4n) is 2.87. The molecule has 2 N–H and O–H groups in total. The summed E-state index contributed by atoms with van der Waals surface area (Å²) in [7, 11) is 1.42. The van der Waals surface area contributed by atoms with Crippen LogP contribution in [0.4, 0.5) is 4.39 Å². The molecule has 27 heavy (non-hydrogen) atoms. The van der Waals surface area contributed by atoms with Crippen molar-refractivity contribution in [1.29, 1.82) is 0 Å². The summed E-state index contributed by atoms with van der Waals surface area (Å²) in [6.45, 7) is 7.90. The van der Waals surface area contributed by atoms with Gasteiger partial charge in [-0.2, -0.15) is 0 Å². The molecule has 0 unspecified atom stereocenters. The predicted molar refractivity (Wildman–Crippen MR) is 106 cm³/mol. The third kappa shape index (κ3) is 6.22.